The Labute approximate surface area is 130 Å². The third kappa shape index (κ3) is 3.71. The summed E-state index contributed by atoms with van der Waals surface area (Å²) >= 11 is 11.7. The fourth-order valence-electron chi connectivity index (χ4n) is 1.60. The third-order valence-electron chi connectivity index (χ3n) is 2.70. The van der Waals surface area contributed by atoms with E-state index in [2.05, 4.69) is 10.5 Å². The number of carbonyl (C=O) groups excluding carboxylic acids is 1. The number of pyridine rings is 1. The lowest BCUT2D eigenvalue weighted by molar-refractivity contribution is 0.0953. The fourth-order valence-corrected chi connectivity index (χ4v) is 2.05. The SMILES string of the molecule is Cn1cccc(C(=O)N/N=C\c2ccc(Cl)cc2Cl)c1=O. The molecule has 7 heteroatoms. The summed E-state index contributed by atoms with van der Waals surface area (Å²) in [5, 5.41) is 4.70. The number of hydrazone groups is 1. The number of benzene rings is 1. The zero-order chi connectivity index (χ0) is 15.4. The monoisotopic (exact) mass is 323 g/mol. The molecular formula is C14H11Cl2N3O2. The molecule has 0 spiro atoms. The van der Waals surface area contributed by atoms with Crippen LogP contribution in [0.4, 0.5) is 0 Å². The van der Waals surface area contributed by atoms with Crippen molar-refractivity contribution >= 4 is 35.3 Å². The van der Waals surface area contributed by atoms with Gasteiger partial charge in [-0.1, -0.05) is 29.3 Å². The summed E-state index contributed by atoms with van der Waals surface area (Å²) in [6, 6.07) is 7.93. The first-order chi connectivity index (χ1) is 9.99. The molecule has 0 fully saturated rings. The second kappa shape index (κ2) is 6.56. The summed E-state index contributed by atoms with van der Waals surface area (Å²) < 4.78 is 1.31. The van der Waals surface area contributed by atoms with Crippen molar-refractivity contribution in [1.29, 1.82) is 0 Å². The van der Waals surface area contributed by atoms with E-state index in [1.807, 2.05) is 0 Å². The molecule has 0 radical (unpaired) electrons. The first-order valence-corrected chi connectivity index (χ1v) is 6.69. The van der Waals surface area contributed by atoms with Crippen LogP contribution in [0.5, 0.6) is 0 Å². The van der Waals surface area contributed by atoms with Gasteiger partial charge in [0.25, 0.3) is 11.5 Å². The molecule has 0 aliphatic rings. The van der Waals surface area contributed by atoms with E-state index in [9.17, 15) is 9.59 Å². The minimum absolute atomic E-state index is 0.0133. The standard InChI is InChI=1S/C14H11Cl2N3O2/c1-19-6-2-3-11(14(19)21)13(20)18-17-8-9-4-5-10(15)7-12(9)16/h2-8H,1H3,(H,18,20)/b17-8-. The summed E-state index contributed by atoms with van der Waals surface area (Å²) in [6.45, 7) is 0. The number of carbonyl (C=O) groups is 1. The first-order valence-electron chi connectivity index (χ1n) is 5.93. The van der Waals surface area contributed by atoms with Crippen molar-refractivity contribution in [3.05, 3.63) is 68.1 Å². The topological polar surface area (TPSA) is 63.5 Å². The molecule has 0 atom stereocenters. The smallest absolute Gasteiger partial charge is 0.276 e. The summed E-state index contributed by atoms with van der Waals surface area (Å²) in [7, 11) is 1.57. The van der Waals surface area contributed by atoms with Crippen molar-refractivity contribution in [2.45, 2.75) is 0 Å². The molecule has 0 saturated heterocycles. The van der Waals surface area contributed by atoms with Gasteiger partial charge < -0.3 is 4.57 Å². The molecule has 0 aliphatic carbocycles. The molecule has 0 unspecified atom stereocenters. The van der Waals surface area contributed by atoms with E-state index in [0.717, 1.165) is 0 Å². The lowest BCUT2D eigenvalue weighted by Crippen LogP contribution is -2.29. The normalized spacial score (nSPS) is 10.8. The molecule has 108 valence electrons. The Balaban J connectivity index is 2.12. The molecule has 0 aliphatic heterocycles. The number of rotatable bonds is 3. The maximum Gasteiger partial charge on any atom is 0.276 e. The Morgan fingerprint density at radius 3 is 2.81 bits per heavy atom. The molecule has 2 rings (SSSR count). The number of aryl methyl sites for hydroxylation is 1. The van der Waals surface area contributed by atoms with Crippen LogP contribution >= 0.6 is 23.2 Å². The van der Waals surface area contributed by atoms with Gasteiger partial charge in [-0.3, -0.25) is 9.59 Å². The van der Waals surface area contributed by atoms with Crippen molar-refractivity contribution in [1.82, 2.24) is 9.99 Å². The zero-order valence-electron chi connectivity index (χ0n) is 11.0. The average Bonchev–Trinajstić information content (AvgIpc) is 2.44. The Morgan fingerprint density at radius 1 is 1.33 bits per heavy atom. The van der Waals surface area contributed by atoms with E-state index in [-0.39, 0.29) is 5.56 Å². The highest BCUT2D eigenvalue weighted by atomic mass is 35.5. The van der Waals surface area contributed by atoms with E-state index in [4.69, 9.17) is 23.2 Å². The van der Waals surface area contributed by atoms with Crippen LogP contribution < -0.4 is 11.0 Å². The largest absolute Gasteiger partial charge is 0.318 e. The van der Waals surface area contributed by atoms with Crippen LogP contribution in [0.15, 0.2) is 46.4 Å². The van der Waals surface area contributed by atoms with Crippen LogP contribution in [-0.2, 0) is 7.05 Å². The van der Waals surface area contributed by atoms with Gasteiger partial charge in [0.15, 0.2) is 0 Å². The minimum atomic E-state index is -0.586. The molecule has 5 nitrogen and oxygen atoms in total. The molecule has 0 saturated carbocycles. The molecule has 0 bridgehead atoms. The van der Waals surface area contributed by atoms with Gasteiger partial charge in [0.1, 0.15) is 5.56 Å². The molecule has 1 N–H and O–H groups in total. The quantitative estimate of drug-likeness (QED) is 0.696. The van der Waals surface area contributed by atoms with Crippen molar-refractivity contribution < 1.29 is 4.79 Å². The molecule has 1 amide bonds. The fraction of sp³-hybridized carbons (Fsp3) is 0.0714. The van der Waals surface area contributed by atoms with Crippen molar-refractivity contribution in [3.63, 3.8) is 0 Å². The van der Waals surface area contributed by atoms with Gasteiger partial charge in [0.05, 0.1) is 11.2 Å². The number of nitrogens with zero attached hydrogens (tertiary/aromatic N) is 2. The summed E-state index contributed by atoms with van der Waals surface area (Å²) in [5.74, 6) is -0.586. The second-order valence-electron chi connectivity index (χ2n) is 4.20. The van der Waals surface area contributed by atoms with E-state index < -0.39 is 11.5 Å². The Hall–Kier alpha value is -2.11. The van der Waals surface area contributed by atoms with Crippen LogP contribution in [-0.4, -0.2) is 16.7 Å². The molecule has 1 aromatic heterocycles. The van der Waals surface area contributed by atoms with Gasteiger partial charge in [-0.25, -0.2) is 5.43 Å². The van der Waals surface area contributed by atoms with Gasteiger partial charge in [0, 0.05) is 23.8 Å². The third-order valence-corrected chi connectivity index (χ3v) is 3.26. The number of aromatic nitrogens is 1. The predicted molar refractivity (Wildman–Crippen MR) is 83.2 cm³/mol. The Morgan fingerprint density at radius 2 is 2.10 bits per heavy atom. The van der Waals surface area contributed by atoms with E-state index >= 15 is 0 Å². The number of hydrogen-bond donors (Lipinski definition) is 1. The summed E-state index contributed by atoms with van der Waals surface area (Å²) in [4.78, 5) is 23.6. The van der Waals surface area contributed by atoms with Crippen LogP contribution in [0.2, 0.25) is 10.0 Å². The number of halogens is 2. The molecule has 1 aromatic carbocycles. The van der Waals surface area contributed by atoms with Crippen LogP contribution in [0.25, 0.3) is 0 Å². The molecule has 1 heterocycles. The van der Waals surface area contributed by atoms with Crippen molar-refractivity contribution in [2.24, 2.45) is 12.1 Å². The Bertz CT molecular complexity index is 769. The highest BCUT2D eigenvalue weighted by Crippen LogP contribution is 2.19. The van der Waals surface area contributed by atoms with Gasteiger partial charge >= 0.3 is 0 Å². The zero-order valence-corrected chi connectivity index (χ0v) is 12.5. The molecule has 21 heavy (non-hydrogen) atoms. The van der Waals surface area contributed by atoms with Crippen LogP contribution in [0.1, 0.15) is 15.9 Å². The highest BCUT2D eigenvalue weighted by Gasteiger charge is 2.09. The average molecular weight is 324 g/mol. The lowest BCUT2D eigenvalue weighted by atomic mass is 10.2. The molecule has 2 aromatic rings. The highest BCUT2D eigenvalue weighted by molar-refractivity contribution is 6.36. The summed E-state index contributed by atoms with van der Waals surface area (Å²) in [6.07, 6.45) is 2.94. The van der Waals surface area contributed by atoms with Gasteiger partial charge in [-0.2, -0.15) is 5.10 Å². The maximum absolute atomic E-state index is 11.9. The lowest BCUT2D eigenvalue weighted by Gasteiger charge is -2.02. The van der Waals surface area contributed by atoms with Gasteiger partial charge in [0.2, 0.25) is 0 Å². The van der Waals surface area contributed by atoms with E-state index in [1.165, 1.54) is 16.8 Å². The maximum atomic E-state index is 11.9. The van der Waals surface area contributed by atoms with E-state index in [1.54, 1.807) is 37.5 Å². The van der Waals surface area contributed by atoms with E-state index in [0.29, 0.717) is 15.6 Å². The molecular weight excluding hydrogens is 313 g/mol. The minimum Gasteiger partial charge on any atom is -0.318 e. The number of amides is 1. The summed E-state index contributed by atoms with van der Waals surface area (Å²) in [5.41, 5.74) is 2.50. The second-order valence-corrected chi connectivity index (χ2v) is 5.05. The van der Waals surface area contributed by atoms with Crippen LogP contribution in [0, 0.1) is 0 Å². The van der Waals surface area contributed by atoms with Crippen molar-refractivity contribution in [2.75, 3.05) is 0 Å². The van der Waals surface area contributed by atoms with Crippen molar-refractivity contribution in [3.8, 4) is 0 Å². The van der Waals surface area contributed by atoms with Crippen LogP contribution in [0.3, 0.4) is 0 Å². The van der Waals surface area contributed by atoms with Gasteiger partial charge in [-0.15, -0.1) is 0 Å². The first kappa shape index (κ1) is 15.3. The Kier molecular flexibility index (Phi) is 4.77. The number of hydrogen-bond acceptors (Lipinski definition) is 3. The number of nitrogens with one attached hydrogen (secondary N) is 1. The van der Waals surface area contributed by atoms with Gasteiger partial charge in [-0.05, 0) is 24.3 Å². The predicted octanol–water partition coefficient (Wildman–Crippen LogP) is 2.46.